The number of amides is 1. The van der Waals surface area contributed by atoms with Crippen molar-refractivity contribution in [1.29, 1.82) is 0 Å². The third-order valence-corrected chi connectivity index (χ3v) is 4.13. The molecule has 106 valence electrons. The number of nitrogens with zero attached hydrogens (tertiary/aromatic N) is 1. The zero-order valence-electron chi connectivity index (χ0n) is 11.8. The van der Waals surface area contributed by atoms with Crippen molar-refractivity contribution >= 4 is 5.91 Å². The highest BCUT2D eigenvalue weighted by Crippen LogP contribution is 2.36. The third kappa shape index (κ3) is 3.45. The largest absolute Gasteiger partial charge is 0.395 e. The van der Waals surface area contributed by atoms with Gasteiger partial charge in [-0.25, -0.2) is 0 Å². The van der Waals surface area contributed by atoms with Crippen LogP contribution in [0.4, 0.5) is 0 Å². The Morgan fingerprint density at radius 2 is 1.83 bits per heavy atom. The van der Waals surface area contributed by atoms with E-state index in [1.165, 1.54) is 12.8 Å². The van der Waals surface area contributed by atoms with Crippen LogP contribution in [0.1, 0.15) is 52.4 Å². The van der Waals surface area contributed by atoms with Crippen molar-refractivity contribution in [2.24, 2.45) is 11.1 Å². The van der Waals surface area contributed by atoms with Gasteiger partial charge >= 0.3 is 0 Å². The minimum atomic E-state index is -0.379. The van der Waals surface area contributed by atoms with Crippen molar-refractivity contribution in [2.45, 2.75) is 58.4 Å². The molecule has 0 aromatic heterocycles. The molecular weight excluding hydrogens is 228 g/mol. The van der Waals surface area contributed by atoms with Crippen LogP contribution < -0.4 is 5.73 Å². The van der Waals surface area contributed by atoms with E-state index >= 15 is 0 Å². The number of carbonyl (C=O) groups excluding carboxylic acids is 1. The SMILES string of the molecule is CC(C)N(CCO)C(=O)C1(CN)CCCCCC1. The van der Waals surface area contributed by atoms with Gasteiger partial charge in [0.25, 0.3) is 0 Å². The number of nitrogens with two attached hydrogens (primary N) is 1. The maximum absolute atomic E-state index is 12.8. The average molecular weight is 256 g/mol. The van der Waals surface area contributed by atoms with E-state index in [0.717, 1.165) is 25.7 Å². The summed E-state index contributed by atoms with van der Waals surface area (Å²) >= 11 is 0. The van der Waals surface area contributed by atoms with Crippen LogP contribution in [0, 0.1) is 5.41 Å². The minimum Gasteiger partial charge on any atom is -0.395 e. The fraction of sp³-hybridized carbons (Fsp3) is 0.929. The lowest BCUT2D eigenvalue weighted by molar-refractivity contribution is -0.145. The van der Waals surface area contributed by atoms with Gasteiger partial charge in [-0.05, 0) is 26.7 Å². The summed E-state index contributed by atoms with van der Waals surface area (Å²) < 4.78 is 0. The van der Waals surface area contributed by atoms with E-state index in [2.05, 4.69) is 0 Å². The second-order valence-electron chi connectivity index (χ2n) is 5.71. The molecule has 0 atom stereocenters. The van der Waals surface area contributed by atoms with E-state index in [-0.39, 0.29) is 24.0 Å². The summed E-state index contributed by atoms with van der Waals surface area (Å²) in [6.45, 7) is 4.85. The van der Waals surface area contributed by atoms with Crippen LogP contribution in [0.25, 0.3) is 0 Å². The molecule has 0 radical (unpaired) electrons. The maximum Gasteiger partial charge on any atom is 0.230 e. The molecule has 3 N–H and O–H groups in total. The van der Waals surface area contributed by atoms with E-state index in [1.807, 2.05) is 13.8 Å². The second kappa shape index (κ2) is 7.10. The number of hydrogen-bond donors (Lipinski definition) is 2. The summed E-state index contributed by atoms with van der Waals surface area (Å²) in [5, 5.41) is 9.12. The van der Waals surface area contributed by atoms with Gasteiger partial charge in [0.1, 0.15) is 0 Å². The van der Waals surface area contributed by atoms with Gasteiger partial charge in [-0.1, -0.05) is 25.7 Å². The molecule has 0 aromatic rings. The number of aliphatic hydroxyl groups excluding tert-OH is 1. The van der Waals surface area contributed by atoms with Gasteiger partial charge in [-0.15, -0.1) is 0 Å². The van der Waals surface area contributed by atoms with Gasteiger partial charge in [0, 0.05) is 19.1 Å². The van der Waals surface area contributed by atoms with Gasteiger partial charge in [-0.2, -0.15) is 0 Å². The topological polar surface area (TPSA) is 66.6 Å². The highest BCUT2D eigenvalue weighted by Gasteiger charge is 2.40. The summed E-state index contributed by atoms with van der Waals surface area (Å²) in [5.41, 5.74) is 5.55. The molecular formula is C14H28N2O2. The van der Waals surface area contributed by atoms with Gasteiger partial charge in [-0.3, -0.25) is 4.79 Å². The smallest absolute Gasteiger partial charge is 0.230 e. The molecule has 0 unspecified atom stereocenters. The van der Waals surface area contributed by atoms with E-state index in [4.69, 9.17) is 10.8 Å². The van der Waals surface area contributed by atoms with Crippen molar-refractivity contribution in [1.82, 2.24) is 4.90 Å². The number of rotatable bonds is 5. The van der Waals surface area contributed by atoms with E-state index in [1.54, 1.807) is 4.90 Å². The lowest BCUT2D eigenvalue weighted by Crippen LogP contribution is -2.51. The maximum atomic E-state index is 12.8. The van der Waals surface area contributed by atoms with Crippen molar-refractivity contribution in [3.8, 4) is 0 Å². The fourth-order valence-electron chi connectivity index (χ4n) is 2.92. The molecule has 4 nitrogen and oxygen atoms in total. The van der Waals surface area contributed by atoms with Crippen LogP contribution in [0.3, 0.4) is 0 Å². The zero-order valence-corrected chi connectivity index (χ0v) is 11.8. The highest BCUT2D eigenvalue weighted by molar-refractivity contribution is 5.83. The predicted octanol–water partition coefficient (Wildman–Crippen LogP) is 1.51. The Hall–Kier alpha value is -0.610. The first kappa shape index (κ1) is 15.4. The monoisotopic (exact) mass is 256 g/mol. The first-order chi connectivity index (χ1) is 8.57. The first-order valence-corrected chi connectivity index (χ1v) is 7.19. The predicted molar refractivity (Wildman–Crippen MR) is 73.1 cm³/mol. The van der Waals surface area contributed by atoms with Crippen LogP contribution in [0.15, 0.2) is 0 Å². The Kier molecular flexibility index (Phi) is 6.09. The summed E-state index contributed by atoms with van der Waals surface area (Å²) in [4.78, 5) is 14.6. The van der Waals surface area contributed by atoms with Crippen LogP contribution in [-0.2, 0) is 4.79 Å². The van der Waals surface area contributed by atoms with Gasteiger partial charge < -0.3 is 15.7 Å². The molecule has 0 bridgehead atoms. The summed E-state index contributed by atoms with van der Waals surface area (Å²) in [5.74, 6) is 0.149. The molecule has 0 spiro atoms. The highest BCUT2D eigenvalue weighted by atomic mass is 16.3. The fourth-order valence-corrected chi connectivity index (χ4v) is 2.92. The Labute approximate surface area is 111 Å². The number of hydrogen-bond acceptors (Lipinski definition) is 3. The molecule has 1 fully saturated rings. The first-order valence-electron chi connectivity index (χ1n) is 7.19. The second-order valence-corrected chi connectivity index (χ2v) is 5.71. The Balaban J connectivity index is 2.86. The van der Waals surface area contributed by atoms with Crippen molar-refractivity contribution in [3.05, 3.63) is 0 Å². The summed E-state index contributed by atoms with van der Waals surface area (Å²) in [6.07, 6.45) is 6.39. The van der Waals surface area contributed by atoms with Crippen molar-refractivity contribution in [3.63, 3.8) is 0 Å². The molecule has 1 aliphatic carbocycles. The third-order valence-electron chi connectivity index (χ3n) is 4.13. The average Bonchev–Trinajstić information content (AvgIpc) is 2.61. The van der Waals surface area contributed by atoms with Crippen LogP contribution in [0.5, 0.6) is 0 Å². The molecule has 0 aliphatic heterocycles. The Morgan fingerprint density at radius 1 is 1.28 bits per heavy atom. The molecule has 1 saturated carbocycles. The van der Waals surface area contributed by atoms with Crippen molar-refractivity contribution in [2.75, 3.05) is 19.7 Å². The molecule has 1 rings (SSSR count). The summed E-state index contributed by atoms with van der Waals surface area (Å²) in [6, 6.07) is 0.122. The van der Waals surface area contributed by atoms with E-state index in [9.17, 15) is 4.79 Å². The molecule has 18 heavy (non-hydrogen) atoms. The molecule has 0 heterocycles. The lowest BCUT2D eigenvalue weighted by atomic mass is 9.78. The number of aliphatic hydroxyl groups is 1. The molecule has 1 amide bonds. The Bertz CT molecular complexity index is 259. The standard InChI is InChI=1S/C14H28N2O2/c1-12(2)16(9-10-17)13(18)14(11-15)7-5-3-4-6-8-14/h12,17H,3-11,15H2,1-2H3. The molecule has 0 aromatic carbocycles. The summed E-state index contributed by atoms with van der Waals surface area (Å²) in [7, 11) is 0. The van der Waals surface area contributed by atoms with Crippen LogP contribution in [0.2, 0.25) is 0 Å². The minimum absolute atomic E-state index is 0.0184. The van der Waals surface area contributed by atoms with E-state index < -0.39 is 0 Å². The van der Waals surface area contributed by atoms with Crippen LogP contribution in [-0.4, -0.2) is 41.7 Å². The van der Waals surface area contributed by atoms with Gasteiger partial charge in [0.05, 0.1) is 12.0 Å². The normalized spacial score (nSPS) is 19.6. The van der Waals surface area contributed by atoms with Gasteiger partial charge in [0.2, 0.25) is 5.91 Å². The van der Waals surface area contributed by atoms with Crippen LogP contribution >= 0.6 is 0 Å². The van der Waals surface area contributed by atoms with Crippen molar-refractivity contribution < 1.29 is 9.90 Å². The number of carbonyl (C=O) groups is 1. The lowest BCUT2D eigenvalue weighted by Gasteiger charge is -2.37. The quantitative estimate of drug-likeness (QED) is 0.733. The van der Waals surface area contributed by atoms with E-state index in [0.29, 0.717) is 13.1 Å². The molecule has 1 aliphatic rings. The molecule has 4 heteroatoms. The Morgan fingerprint density at radius 3 is 2.22 bits per heavy atom. The zero-order chi connectivity index (χ0) is 13.6. The van der Waals surface area contributed by atoms with Gasteiger partial charge in [0.15, 0.2) is 0 Å². The molecule has 0 saturated heterocycles.